The van der Waals surface area contributed by atoms with Crippen LogP contribution in [0.4, 0.5) is 0 Å². The van der Waals surface area contributed by atoms with Crippen LogP contribution in [0.1, 0.15) is 22.3 Å². The number of carbonyl (C=O) groups excluding carboxylic acids is 1. The summed E-state index contributed by atoms with van der Waals surface area (Å²) in [5.41, 5.74) is 1.26. The third-order valence-electron chi connectivity index (χ3n) is 2.99. The van der Waals surface area contributed by atoms with E-state index in [0.29, 0.717) is 31.6 Å². The van der Waals surface area contributed by atoms with Crippen molar-refractivity contribution in [3.05, 3.63) is 35.4 Å². The molecule has 1 fully saturated rings. The zero-order valence-corrected chi connectivity index (χ0v) is 10.1. The molecule has 2 N–H and O–H groups in total. The molecule has 0 spiro atoms. The molecule has 1 aromatic carbocycles. The minimum absolute atomic E-state index is 0.0804. The largest absolute Gasteiger partial charge is 0.478 e. The molecule has 0 bridgehead atoms. The van der Waals surface area contributed by atoms with E-state index in [9.17, 15) is 9.59 Å². The molecule has 0 atom stereocenters. The standard InChI is InChI=1S/C13H16N2O3/c16-12-4-6-15(7-5-14-12)9-10-2-1-3-11(8-10)13(17)18/h1-3,8H,4-7,9H2,(H,14,16)(H,17,18). The van der Waals surface area contributed by atoms with Gasteiger partial charge < -0.3 is 10.4 Å². The Balaban J connectivity index is 2.02. The van der Waals surface area contributed by atoms with Crippen molar-refractivity contribution in [1.82, 2.24) is 10.2 Å². The average Bonchev–Trinajstić information content (AvgIpc) is 2.55. The van der Waals surface area contributed by atoms with Crippen LogP contribution in [0, 0.1) is 0 Å². The van der Waals surface area contributed by atoms with Gasteiger partial charge in [-0.05, 0) is 17.7 Å². The molecule has 96 valence electrons. The number of hydrogen-bond acceptors (Lipinski definition) is 3. The van der Waals surface area contributed by atoms with Gasteiger partial charge in [0.25, 0.3) is 0 Å². The maximum absolute atomic E-state index is 11.2. The Morgan fingerprint density at radius 3 is 3.00 bits per heavy atom. The monoisotopic (exact) mass is 248 g/mol. The summed E-state index contributed by atoms with van der Waals surface area (Å²) in [6, 6.07) is 6.93. The Morgan fingerprint density at radius 2 is 2.22 bits per heavy atom. The van der Waals surface area contributed by atoms with E-state index >= 15 is 0 Å². The minimum Gasteiger partial charge on any atom is -0.478 e. The quantitative estimate of drug-likeness (QED) is 0.826. The van der Waals surface area contributed by atoms with Gasteiger partial charge >= 0.3 is 5.97 Å². The van der Waals surface area contributed by atoms with Gasteiger partial charge in [0.2, 0.25) is 5.91 Å². The van der Waals surface area contributed by atoms with Crippen molar-refractivity contribution in [2.45, 2.75) is 13.0 Å². The molecule has 1 aliphatic rings. The van der Waals surface area contributed by atoms with Gasteiger partial charge in [0, 0.05) is 32.6 Å². The summed E-state index contributed by atoms with van der Waals surface area (Å²) in [5.74, 6) is -0.832. The Labute approximate surface area is 105 Å². The van der Waals surface area contributed by atoms with Crippen molar-refractivity contribution in [2.75, 3.05) is 19.6 Å². The predicted molar refractivity (Wildman–Crippen MR) is 66.3 cm³/mol. The zero-order valence-electron chi connectivity index (χ0n) is 10.1. The molecule has 0 aromatic heterocycles. The first kappa shape index (κ1) is 12.6. The summed E-state index contributed by atoms with van der Waals surface area (Å²) in [5, 5.41) is 11.7. The highest BCUT2D eigenvalue weighted by molar-refractivity contribution is 5.87. The molecule has 1 aliphatic heterocycles. The topological polar surface area (TPSA) is 69.6 Å². The number of carboxylic acid groups (broad SMARTS) is 1. The molecule has 0 aliphatic carbocycles. The number of rotatable bonds is 3. The minimum atomic E-state index is -0.912. The highest BCUT2D eigenvalue weighted by Crippen LogP contribution is 2.09. The number of amides is 1. The Kier molecular flexibility index (Phi) is 3.94. The number of aromatic carboxylic acids is 1. The van der Waals surface area contributed by atoms with Crippen molar-refractivity contribution >= 4 is 11.9 Å². The van der Waals surface area contributed by atoms with E-state index < -0.39 is 5.97 Å². The van der Waals surface area contributed by atoms with Crippen LogP contribution in [0.15, 0.2) is 24.3 Å². The molecule has 1 aromatic rings. The molecular formula is C13H16N2O3. The van der Waals surface area contributed by atoms with Gasteiger partial charge in [-0.1, -0.05) is 12.1 Å². The highest BCUT2D eigenvalue weighted by atomic mass is 16.4. The molecule has 1 heterocycles. The number of nitrogens with zero attached hydrogens (tertiary/aromatic N) is 1. The van der Waals surface area contributed by atoms with Crippen molar-refractivity contribution in [3.63, 3.8) is 0 Å². The molecular weight excluding hydrogens is 232 g/mol. The van der Waals surface area contributed by atoms with Gasteiger partial charge in [-0.3, -0.25) is 9.69 Å². The van der Waals surface area contributed by atoms with Crippen LogP contribution >= 0.6 is 0 Å². The molecule has 0 radical (unpaired) electrons. The van der Waals surface area contributed by atoms with Crippen molar-refractivity contribution in [3.8, 4) is 0 Å². The van der Waals surface area contributed by atoms with E-state index in [1.807, 2.05) is 6.07 Å². The normalized spacial score (nSPS) is 17.0. The molecule has 1 amide bonds. The zero-order chi connectivity index (χ0) is 13.0. The third kappa shape index (κ3) is 3.30. The lowest BCUT2D eigenvalue weighted by Gasteiger charge is -2.19. The van der Waals surface area contributed by atoms with Gasteiger partial charge in [0.15, 0.2) is 0 Å². The molecule has 5 nitrogen and oxygen atoms in total. The fourth-order valence-corrected chi connectivity index (χ4v) is 2.03. The first-order valence-electron chi connectivity index (χ1n) is 5.96. The molecule has 1 saturated heterocycles. The first-order chi connectivity index (χ1) is 8.65. The fourth-order valence-electron chi connectivity index (χ4n) is 2.03. The van der Waals surface area contributed by atoms with E-state index in [-0.39, 0.29) is 5.91 Å². The second kappa shape index (κ2) is 5.64. The lowest BCUT2D eigenvalue weighted by atomic mass is 10.1. The summed E-state index contributed by atoms with van der Waals surface area (Å²) in [6.07, 6.45) is 0.499. The smallest absolute Gasteiger partial charge is 0.335 e. The lowest BCUT2D eigenvalue weighted by Crippen LogP contribution is -2.28. The van der Waals surface area contributed by atoms with Gasteiger partial charge in [0.1, 0.15) is 0 Å². The van der Waals surface area contributed by atoms with Gasteiger partial charge in [-0.2, -0.15) is 0 Å². The number of hydrogen-bond donors (Lipinski definition) is 2. The van der Waals surface area contributed by atoms with E-state index in [4.69, 9.17) is 5.11 Å². The van der Waals surface area contributed by atoms with Crippen molar-refractivity contribution in [2.24, 2.45) is 0 Å². The third-order valence-corrected chi connectivity index (χ3v) is 2.99. The molecule has 5 heteroatoms. The fraction of sp³-hybridized carbons (Fsp3) is 0.385. The van der Waals surface area contributed by atoms with Crippen molar-refractivity contribution in [1.29, 1.82) is 0 Å². The van der Waals surface area contributed by atoms with Crippen LogP contribution in [0.25, 0.3) is 0 Å². The molecule has 18 heavy (non-hydrogen) atoms. The lowest BCUT2D eigenvalue weighted by molar-refractivity contribution is -0.120. The number of benzene rings is 1. The first-order valence-corrected chi connectivity index (χ1v) is 5.96. The van der Waals surface area contributed by atoms with Crippen molar-refractivity contribution < 1.29 is 14.7 Å². The van der Waals surface area contributed by atoms with E-state index in [1.165, 1.54) is 0 Å². The van der Waals surface area contributed by atoms with Gasteiger partial charge in [-0.25, -0.2) is 4.79 Å². The van der Waals surface area contributed by atoms with E-state index in [1.54, 1.807) is 18.2 Å². The van der Waals surface area contributed by atoms with E-state index in [0.717, 1.165) is 12.1 Å². The average molecular weight is 248 g/mol. The summed E-state index contributed by atoms with van der Waals surface area (Å²) >= 11 is 0. The molecule has 0 unspecified atom stereocenters. The molecule has 0 saturated carbocycles. The SMILES string of the molecule is O=C1CCN(Cc2cccc(C(=O)O)c2)CCN1. The highest BCUT2D eigenvalue weighted by Gasteiger charge is 2.13. The summed E-state index contributed by atoms with van der Waals surface area (Å²) in [7, 11) is 0. The second-order valence-corrected chi connectivity index (χ2v) is 4.38. The number of nitrogens with one attached hydrogen (secondary N) is 1. The summed E-state index contributed by atoms with van der Waals surface area (Å²) in [6.45, 7) is 2.83. The van der Waals surface area contributed by atoms with Crippen LogP contribution in [-0.4, -0.2) is 41.5 Å². The maximum Gasteiger partial charge on any atom is 0.335 e. The Bertz CT molecular complexity index is 459. The van der Waals surface area contributed by atoms with Crippen LogP contribution in [0.5, 0.6) is 0 Å². The van der Waals surface area contributed by atoms with Crippen LogP contribution in [0.3, 0.4) is 0 Å². The number of carbonyl (C=O) groups is 2. The van der Waals surface area contributed by atoms with Crippen LogP contribution in [-0.2, 0) is 11.3 Å². The van der Waals surface area contributed by atoms with Crippen LogP contribution < -0.4 is 5.32 Å². The molecule has 2 rings (SSSR count). The summed E-state index contributed by atoms with van der Waals surface area (Å²) in [4.78, 5) is 24.2. The predicted octanol–water partition coefficient (Wildman–Crippen LogP) is 0.707. The Hall–Kier alpha value is -1.88. The number of carboxylic acids is 1. The van der Waals surface area contributed by atoms with Crippen LogP contribution in [0.2, 0.25) is 0 Å². The maximum atomic E-state index is 11.2. The summed E-state index contributed by atoms with van der Waals surface area (Å²) < 4.78 is 0. The Morgan fingerprint density at radius 1 is 1.39 bits per heavy atom. The van der Waals surface area contributed by atoms with Gasteiger partial charge in [-0.15, -0.1) is 0 Å². The second-order valence-electron chi connectivity index (χ2n) is 4.38. The van der Waals surface area contributed by atoms with E-state index in [2.05, 4.69) is 10.2 Å². The van der Waals surface area contributed by atoms with Gasteiger partial charge in [0.05, 0.1) is 5.56 Å².